The molecule has 3 atom stereocenters. The van der Waals surface area contributed by atoms with Gasteiger partial charge in [0, 0.05) is 31.0 Å². The normalized spacial score (nSPS) is 24.3. The fraction of sp³-hybridized carbons (Fsp3) is 0.515. The molecule has 48 heavy (non-hydrogen) atoms. The summed E-state index contributed by atoms with van der Waals surface area (Å²) < 4.78 is 87.2. The zero-order valence-electron chi connectivity index (χ0n) is 26.1. The van der Waals surface area contributed by atoms with Crippen LogP contribution in [0.25, 0.3) is 0 Å². The van der Waals surface area contributed by atoms with E-state index in [2.05, 4.69) is 10.6 Å². The summed E-state index contributed by atoms with van der Waals surface area (Å²) in [6.45, 7) is 1.44. The number of rotatable bonds is 8. The molecule has 0 bridgehead atoms. The second-order valence-electron chi connectivity index (χ2n) is 12.5. The van der Waals surface area contributed by atoms with Crippen LogP contribution in [-0.2, 0) is 31.5 Å². The maximum absolute atomic E-state index is 13.7. The summed E-state index contributed by atoms with van der Waals surface area (Å²) in [5.74, 6) is -1.70. The number of ether oxygens (including phenoxy) is 1. The lowest BCUT2D eigenvalue weighted by Gasteiger charge is -2.42. The fourth-order valence-corrected chi connectivity index (χ4v) is 6.64. The van der Waals surface area contributed by atoms with Gasteiger partial charge in [0.2, 0.25) is 11.8 Å². The number of likely N-dealkylation sites (tertiary alicyclic amines) is 1. The monoisotopic (exact) mass is 682 g/mol. The minimum atomic E-state index is -4.98. The Morgan fingerprint density at radius 2 is 1.56 bits per heavy atom. The number of carbonyl (C=O) groups excluding carboxylic acids is 4. The number of hydrogen-bond donors (Lipinski definition) is 2. The van der Waals surface area contributed by atoms with Crippen LogP contribution in [-0.4, -0.2) is 71.9 Å². The van der Waals surface area contributed by atoms with Gasteiger partial charge in [0.05, 0.1) is 29.9 Å². The van der Waals surface area contributed by atoms with Crippen molar-refractivity contribution in [3.05, 3.63) is 70.8 Å². The number of nitrogens with one attached hydrogen (secondary N) is 2. The number of halogens is 6. The average Bonchev–Trinajstić information content (AvgIpc) is 3.36. The summed E-state index contributed by atoms with van der Waals surface area (Å²) in [5.41, 5.74) is -2.25. The number of imide groups is 1. The van der Waals surface area contributed by atoms with Gasteiger partial charge in [-0.2, -0.15) is 26.3 Å². The number of hydrogen-bond acceptors (Lipinski definition) is 5. The molecule has 1 saturated carbocycles. The van der Waals surface area contributed by atoms with Crippen molar-refractivity contribution < 1.29 is 50.3 Å². The molecule has 9 nitrogen and oxygen atoms in total. The molecule has 3 aliphatic rings. The molecule has 5 amide bonds. The number of amides is 5. The van der Waals surface area contributed by atoms with Gasteiger partial charge in [-0.1, -0.05) is 30.3 Å². The van der Waals surface area contributed by atoms with Crippen LogP contribution in [0, 0.1) is 5.92 Å². The Balaban J connectivity index is 1.22. The van der Waals surface area contributed by atoms with Gasteiger partial charge < -0.3 is 20.3 Å². The van der Waals surface area contributed by atoms with Gasteiger partial charge in [-0.25, -0.2) is 4.79 Å². The van der Waals surface area contributed by atoms with Gasteiger partial charge in [-0.05, 0) is 68.4 Å². The molecular formula is C33H36F6N4O5. The van der Waals surface area contributed by atoms with Crippen molar-refractivity contribution in [2.75, 3.05) is 26.2 Å². The molecular weight excluding hydrogens is 646 g/mol. The topological polar surface area (TPSA) is 108 Å². The summed E-state index contributed by atoms with van der Waals surface area (Å²) in [4.78, 5) is 52.2. The van der Waals surface area contributed by atoms with Crippen molar-refractivity contribution >= 4 is 23.8 Å². The fourth-order valence-electron chi connectivity index (χ4n) is 6.64. The van der Waals surface area contributed by atoms with Crippen LogP contribution in [0.1, 0.15) is 73.3 Å². The lowest BCUT2D eigenvalue weighted by Crippen LogP contribution is -2.49. The number of urea groups is 1. The molecule has 260 valence electrons. The smallest absolute Gasteiger partial charge is 0.370 e. The quantitative estimate of drug-likeness (QED) is 0.286. The Hall–Kier alpha value is -4.14. The van der Waals surface area contributed by atoms with E-state index in [-0.39, 0.29) is 55.0 Å². The predicted octanol–water partition coefficient (Wildman–Crippen LogP) is 5.41. The number of nitrogens with zero attached hydrogens (tertiary/aromatic N) is 2. The Morgan fingerprint density at radius 1 is 0.938 bits per heavy atom. The van der Waals surface area contributed by atoms with E-state index >= 15 is 0 Å². The number of carbonyl (C=O) groups is 4. The van der Waals surface area contributed by atoms with Crippen molar-refractivity contribution in [3.8, 4) is 0 Å². The molecule has 0 spiro atoms. The van der Waals surface area contributed by atoms with E-state index in [4.69, 9.17) is 4.74 Å². The third-order valence-corrected chi connectivity index (χ3v) is 9.23. The highest BCUT2D eigenvalue weighted by atomic mass is 19.4. The molecule has 2 heterocycles. The van der Waals surface area contributed by atoms with Gasteiger partial charge in [0.1, 0.15) is 6.54 Å². The second kappa shape index (κ2) is 14.1. The van der Waals surface area contributed by atoms with Crippen molar-refractivity contribution in [1.29, 1.82) is 0 Å². The van der Waals surface area contributed by atoms with Crippen molar-refractivity contribution in [3.63, 3.8) is 0 Å². The zero-order chi connectivity index (χ0) is 34.8. The maximum atomic E-state index is 13.7. The Labute approximate surface area is 273 Å². The van der Waals surface area contributed by atoms with Crippen molar-refractivity contribution in [2.45, 2.75) is 75.5 Å². The summed E-state index contributed by atoms with van der Waals surface area (Å²) in [7, 11) is 0. The molecule has 2 aromatic carbocycles. The first kappa shape index (κ1) is 35.2. The van der Waals surface area contributed by atoms with Gasteiger partial charge in [-0.15, -0.1) is 0 Å². The highest BCUT2D eigenvalue weighted by Gasteiger charge is 2.40. The third-order valence-electron chi connectivity index (χ3n) is 9.23. The number of benzene rings is 2. The van der Waals surface area contributed by atoms with E-state index in [1.165, 1.54) is 6.92 Å². The second-order valence-corrected chi connectivity index (χ2v) is 12.5. The van der Waals surface area contributed by atoms with E-state index in [9.17, 15) is 45.5 Å². The first-order chi connectivity index (χ1) is 22.6. The molecule has 2 saturated heterocycles. The van der Waals surface area contributed by atoms with Crippen LogP contribution in [0.4, 0.5) is 31.1 Å². The predicted molar refractivity (Wildman–Crippen MR) is 159 cm³/mol. The summed E-state index contributed by atoms with van der Waals surface area (Å²) in [6, 6.07) is 9.73. The summed E-state index contributed by atoms with van der Waals surface area (Å²) >= 11 is 0. The van der Waals surface area contributed by atoms with Gasteiger partial charge in [0.15, 0.2) is 0 Å². The van der Waals surface area contributed by atoms with Crippen LogP contribution < -0.4 is 10.6 Å². The molecule has 3 fully saturated rings. The van der Waals surface area contributed by atoms with E-state index in [0.29, 0.717) is 50.8 Å². The van der Waals surface area contributed by atoms with Crippen molar-refractivity contribution in [1.82, 2.24) is 20.4 Å². The molecule has 15 heteroatoms. The van der Waals surface area contributed by atoms with Crippen LogP contribution in [0.3, 0.4) is 0 Å². The average molecular weight is 683 g/mol. The maximum Gasteiger partial charge on any atom is 0.416 e. The number of alkyl halides is 6. The third kappa shape index (κ3) is 8.28. The SMILES string of the molecule is C[C@@H](O[C@H]1CCN(C(=O)C2CCC(NC(=O)CN3C(=O)CNC3=O)CC2)C[C@H]1c1ccccc1)c1cc(C(F)(F)F)cc(C(F)(F)F)c1. The summed E-state index contributed by atoms with van der Waals surface area (Å²) in [6.07, 6.45) is -9.27. The molecule has 2 N–H and O–H groups in total. The van der Waals surface area contributed by atoms with Crippen molar-refractivity contribution in [2.24, 2.45) is 5.92 Å². The Morgan fingerprint density at radius 3 is 2.12 bits per heavy atom. The van der Waals surface area contributed by atoms with E-state index in [1.54, 1.807) is 17.0 Å². The molecule has 2 aromatic rings. The van der Waals surface area contributed by atoms with E-state index in [1.807, 2.05) is 18.2 Å². The largest absolute Gasteiger partial charge is 0.416 e. The molecule has 1 aliphatic carbocycles. The lowest BCUT2D eigenvalue weighted by atomic mass is 9.83. The molecule has 2 aliphatic heterocycles. The molecule has 0 radical (unpaired) electrons. The molecule has 5 rings (SSSR count). The minimum absolute atomic E-state index is 0.0701. The lowest BCUT2D eigenvalue weighted by molar-refractivity contribution is -0.143. The Kier molecular flexibility index (Phi) is 10.4. The standard InChI is InChI=1S/C33H36F6N4O5/c1-19(22-13-23(32(34,35)36)15-24(14-22)33(37,38)39)48-27-11-12-42(17-26(27)20-5-3-2-4-6-20)30(46)21-7-9-25(10-8-21)41-28(44)18-43-29(45)16-40-31(43)47/h2-6,13-15,19,21,25-27H,7-12,16-18H2,1H3,(H,40,47)(H,41,44)/t19-,21?,25?,26+,27+/m1/s1. The first-order valence-corrected chi connectivity index (χ1v) is 15.8. The van der Waals surface area contributed by atoms with Gasteiger partial charge in [0.25, 0.3) is 5.91 Å². The number of piperidine rings is 1. The van der Waals surface area contributed by atoms with Crippen LogP contribution in [0.15, 0.2) is 48.5 Å². The van der Waals surface area contributed by atoms with Gasteiger partial charge in [-0.3, -0.25) is 19.3 Å². The Bertz CT molecular complexity index is 1460. The van der Waals surface area contributed by atoms with E-state index < -0.39 is 53.5 Å². The van der Waals surface area contributed by atoms with E-state index in [0.717, 1.165) is 10.5 Å². The van der Waals surface area contributed by atoms with Crippen LogP contribution in [0.2, 0.25) is 0 Å². The summed E-state index contributed by atoms with van der Waals surface area (Å²) in [5, 5.41) is 5.19. The molecule has 0 unspecified atom stereocenters. The van der Waals surface area contributed by atoms with Crippen LogP contribution >= 0.6 is 0 Å². The van der Waals surface area contributed by atoms with Gasteiger partial charge >= 0.3 is 18.4 Å². The zero-order valence-corrected chi connectivity index (χ0v) is 26.1. The highest BCUT2D eigenvalue weighted by molar-refractivity contribution is 6.04. The molecule has 0 aromatic heterocycles. The van der Waals surface area contributed by atoms with Crippen LogP contribution in [0.5, 0.6) is 0 Å². The highest BCUT2D eigenvalue weighted by Crippen LogP contribution is 2.40. The minimum Gasteiger partial charge on any atom is -0.370 e. The first-order valence-electron chi connectivity index (χ1n) is 15.8.